The van der Waals surface area contributed by atoms with E-state index in [1.54, 1.807) is 18.2 Å². The molecule has 0 saturated heterocycles. The Morgan fingerprint density at radius 2 is 1.92 bits per heavy atom. The minimum Gasteiger partial charge on any atom is -0.487 e. The summed E-state index contributed by atoms with van der Waals surface area (Å²) in [7, 11) is 0. The predicted octanol–water partition coefficient (Wildman–Crippen LogP) is 5.99. The second-order valence-corrected chi connectivity index (χ2v) is 9.63. The van der Waals surface area contributed by atoms with Gasteiger partial charge in [-0.15, -0.1) is 11.8 Å². The molecule has 0 saturated carbocycles. The van der Waals surface area contributed by atoms with Gasteiger partial charge in [-0.1, -0.05) is 12.1 Å². The van der Waals surface area contributed by atoms with Crippen LogP contribution in [0, 0.1) is 18.6 Å². The second-order valence-electron chi connectivity index (χ2n) is 8.42. The average Bonchev–Trinajstić information content (AvgIpc) is 2.99. The molecule has 0 spiro atoms. The maximum Gasteiger partial charge on any atom is 0.304 e. The summed E-state index contributed by atoms with van der Waals surface area (Å²) in [6, 6.07) is 15.0. The Labute approximate surface area is 210 Å². The summed E-state index contributed by atoms with van der Waals surface area (Å²) in [6.45, 7) is 2.36. The number of aliphatic carboxylic acids is 1. The summed E-state index contributed by atoms with van der Waals surface area (Å²) in [6.07, 6.45) is 0.0420. The minimum atomic E-state index is -0.949. The van der Waals surface area contributed by atoms with Gasteiger partial charge in [0, 0.05) is 28.5 Å². The zero-order chi connectivity index (χ0) is 25.2. The Morgan fingerprint density at radius 3 is 2.75 bits per heavy atom. The highest BCUT2D eigenvalue weighted by Crippen LogP contribution is 2.45. The second kappa shape index (κ2) is 10.1. The fraction of sp³-hybridized carbons (Fsp3) is 0.222. The van der Waals surface area contributed by atoms with Crippen LogP contribution in [0.4, 0.5) is 8.78 Å². The number of hydrogen-bond acceptors (Lipinski definition) is 6. The highest BCUT2D eigenvalue weighted by atomic mass is 32.2. The van der Waals surface area contributed by atoms with Gasteiger partial charge in [-0.05, 0) is 48.9 Å². The molecular weight excluding hydrogens is 486 g/mol. The number of pyridine rings is 2. The van der Waals surface area contributed by atoms with Gasteiger partial charge in [-0.2, -0.15) is 0 Å². The van der Waals surface area contributed by atoms with Crippen LogP contribution < -0.4 is 9.47 Å². The van der Waals surface area contributed by atoms with Crippen molar-refractivity contribution in [3.63, 3.8) is 0 Å². The van der Waals surface area contributed by atoms with Gasteiger partial charge < -0.3 is 14.6 Å². The van der Waals surface area contributed by atoms with Gasteiger partial charge in [0.1, 0.15) is 24.7 Å². The molecule has 0 bridgehead atoms. The van der Waals surface area contributed by atoms with E-state index in [9.17, 15) is 13.6 Å². The molecule has 1 N–H and O–H groups in total. The molecule has 4 aromatic rings. The van der Waals surface area contributed by atoms with Crippen LogP contribution in [0.25, 0.3) is 10.9 Å². The molecule has 0 amide bonds. The fourth-order valence-corrected chi connectivity index (χ4v) is 5.37. The van der Waals surface area contributed by atoms with Gasteiger partial charge in [0.15, 0.2) is 11.6 Å². The van der Waals surface area contributed by atoms with Gasteiger partial charge in [0.2, 0.25) is 0 Å². The first-order valence-electron chi connectivity index (χ1n) is 11.3. The lowest BCUT2D eigenvalue weighted by atomic mass is 10.0. The van der Waals surface area contributed by atoms with Crippen LogP contribution in [0.1, 0.15) is 39.9 Å². The van der Waals surface area contributed by atoms with Crippen molar-refractivity contribution >= 4 is 28.6 Å². The Balaban J connectivity index is 1.42. The van der Waals surface area contributed by atoms with Crippen molar-refractivity contribution in [2.45, 2.75) is 31.8 Å². The first-order chi connectivity index (χ1) is 17.4. The van der Waals surface area contributed by atoms with Crippen LogP contribution >= 0.6 is 11.8 Å². The molecular formula is C27H22F2N2O4S. The first kappa shape index (κ1) is 24.0. The lowest BCUT2D eigenvalue weighted by Gasteiger charge is -2.19. The smallest absolute Gasteiger partial charge is 0.304 e. The molecule has 1 aliphatic heterocycles. The number of thioether (sulfide) groups is 1. The maximum atomic E-state index is 13.6. The van der Waals surface area contributed by atoms with Crippen LogP contribution in [-0.2, 0) is 18.0 Å². The number of rotatable bonds is 7. The largest absolute Gasteiger partial charge is 0.487 e. The van der Waals surface area contributed by atoms with Crippen molar-refractivity contribution < 1.29 is 28.2 Å². The standard InChI is InChI=1S/C27H22F2N2O4S/c1-15-2-6-19-24(30-15)14-35-25-7-5-18(11-20(25)27(19)36-9-8-26(32)33)34-13-17-4-3-16-10-21(28)22(29)12-23(16)31-17/h2-7,10-12,27H,8-9,13-14H2,1H3,(H,32,33). The van der Waals surface area contributed by atoms with E-state index in [4.69, 9.17) is 14.6 Å². The Hall–Kier alpha value is -3.72. The average molecular weight is 509 g/mol. The number of carboxylic acid groups (broad SMARTS) is 1. The normalized spacial score (nSPS) is 14.5. The van der Waals surface area contributed by atoms with Crippen molar-refractivity contribution in [3.8, 4) is 11.5 Å². The summed E-state index contributed by atoms with van der Waals surface area (Å²) in [4.78, 5) is 20.1. The van der Waals surface area contributed by atoms with Gasteiger partial charge in [0.25, 0.3) is 0 Å². The Bertz CT molecular complexity index is 1460. The molecule has 1 atom stereocenters. The van der Waals surface area contributed by atoms with Crippen molar-refractivity contribution in [2.24, 2.45) is 0 Å². The van der Waals surface area contributed by atoms with Crippen LogP contribution in [0.15, 0.2) is 54.6 Å². The summed E-state index contributed by atoms with van der Waals surface area (Å²) < 4.78 is 39.1. The molecule has 0 radical (unpaired) electrons. The molecule has 36 heavy (non-hydrogen) atoms. The number of benzene rings is 2. The lowest BCUT2D eigenvalue weighted by molar-refractivity contribution is -0.136. The number of ether oxygens (including phenoxy) is 2. The van der Waals surface area contributed by atoms with Crippen LogP contribution in [-0.4, -0.2) is 26.8 Å². The van der Waals surface area contributed by atoms with Gasteiger partial charge in [-0.25, -0.2) is 13.8 Å². The number of hydrogen-bond donors (Lipinski definition) is 1. The third kappa shape index (κ3) is 5.11. The quantitative estimate of drug-likeness (QED) is 0.329. The summed E-state index contributed by atoms with van der Waals surface area (Å²) >= 11 is 1.52. The SMILES string of the molecule is Cc1ccc2c(n1)COc1ccc(OCc3ccc4cc(F)c(F)cc4n3)cc1C2SCCC(=O)O. The predicted molar refractivity (Wildman–Crippen MR) is 132 cm³/mol. The highest BCUT2D eigenvalue weighted by molar-refractivity contribution is 7.99. The number of fused-ring (bicyclic) bond motifs is 3. The number of halogens is 2. The number of aryl methyl sites for hydroxylation is 1. The van der Waals surface area contributed by atoms with Crippen molar-refractivity contribution in [1.29, 1.82) is 0 Å². The van der Waals surface area contributed by atoms with Crippen molar-refractivity contribution in [1.82, 2.24) is 9.97 Å². The number of nitrogens with zero attached hydrogens (tertiary/aromatic N) is 2. The zero-order valence-corrected chi connectivity index (χ0v) is 20.1. The first-order valence-corrected chi connectivity index (χ1v) is 12.4. The summed E-state index contributed by atoms with van der Waals surface area (Å²) in [5.41, 5.74) is 4.48. The van der Waals surface area contributed by atoms with Crippen LogP contribution in [0.5, 0.6) is 11.5 Å². The number of carboxylic acids is 1. The lowest BCUT2D eigenvalue weighted by Crippen LogP contribution is -2.05. The molecule has 1 aliphatic rings. The van der Waals surface area contributed by atoms with E-state index < -0.39 is 17.6 Å². The third-order valence-corrected chi connectivity index (χ3v) is 7.12. The van der Waals surface area contributed by atoms with E-state index in [1.165, 1.54) is 11.8 Å². The topological polar surface area (TPSA) is 81.5 Å². The fourth-order valence-electron chi connectivity index (χ4n) is 4.08. The molecule has 2 aromatic heterocycles. The highest BCUT2D eigenvalue weighted by Gasteiger charge is 2.27. The summed E-state index contributed by atoms with van der Waals surface area (Å²) in [5, 5.41) is 9.45. The molecule has 184 valence electrons. The Kier molecular flexibility index (Phi) is 6.73. The molecule has 0 aliphatic carbocycles. The molecule has 2 aromatic carbocycles. The Morgan fingerprint density at radius 1 is 1.08 bits per heavy atom. The van der Waals surface area contributed by atoms with E-state index in [0.717, 1.165) is 34.6 Å². The van der Waals surface area contributed by atoms with E-state index in [2.05, 4.69) is 9.97 Å². The molecule has 0 fully saturated rings. The zero-order valence-electron chi connectivity index (χ0n) is 19.3. The number of aromatic nitrogens is 2. The van der Waals surface area contributed by atoms with E-state index in [1.807, 2.05) is 31.2 Å². The van der Waals surface area contributed by atoms with Gasteiger partial charge in [-0.3, -0.25) is 9.78 Å². The summed E-state index contributed by atoms with van der Waals surface area (Å²) in [5.74, 6) is -1.02. The third-order valence-electron chi connectivity index (χ3n) is 5.84. The van der Waals surface area contributed by atoms with Crippen molar-refractivity contribution in [2.75, 3.05) is 5.75 Å². The molecule has 5 rings (SSSR count). The molecule has 9 heteroatoms. The van der Waals surface area contributed by atoms with Gasteiger partial charge >= 0.3 is 5.97 Å². The van der Waals surface area contributed by atoms with Crippen LogP contribution in [0.2, 0.25) is 0 Å². The molecule has 6 nitrogen and oxygen atoms in total. The van der Waals surface area contributed by atoms with E-state index in [-0.39, 0.29) is 18.3 Å². The minimum absolute atomic E-state index is 0.0420. The van der Waals surface area contributed by atoms with Gasteiger partial charge in [0.05, 0.1) is 28.6 Å². The van der Waals surface area contributed by atoms with Crippen LogP contribution in [0.3, 0.4) is 0 Å². The number of carbonyl (C=O) groups is 1. The van der Waals surface area contributed by atoms with Crippen molar-refractivity contribution in [3.05, 3.63) is 94.4 Å². The maximum absolute atomic E-state index is 13.6. The molecule has 3 heterocycles. The van der Waals surface area contributed by atoms with E-state index >= 15 is 0 Å². The molecule has 1 unspecified atom stereocenters. The van der Waals surface area contributed by atoms with E-state index in [0.29, 0.717) is 40.5 Å². The monoisotopic (exact) mass is 508 g/mol.